The molecule has 12 heavy (non-hydrogen) atoms. The SMILES string of the molecule is CC(CO)(CCN)S(=O)(=O)O.[NaH]. The van der Waals surface area contributed by atoms with Gasteiger partial charge in [-0.1, -0.05) is 0 Å². The fourth-order valence-corrected chi connectivity index (χ4v) is 1.13. The normalized spacial score (nSPS) is 16.3. The molecule has 0 fully saturated rings. The van der Waals surface area contributed by atoms with Gasteiger partial charge in [-0.15, -0.1) is 0 Å². The first-order valence-corrected chi connectivity index (χ1v) is 4.59. The Labute approximate surface area is 94.4 Å². The van der Waals surface area contributed by atoms with Crippen molar-refractivity contribution in [3.63, 3.8) is 0 Å². The summed E-state index contributed by atoms with van der Waals surface area (Å²) in [6, 6.07) is 0. The molecule has 1 unspecified atom stereocenters. The summed E-state index contributed by atoms with van der Waals surface area (Å²) in [6.45, 7) is 0.731. The number of nitrogens with two attached hydrogens (primary N) is 1. The second kappa shape index (κ2) is 5.54. The summed E-state index contributed by atoms with van der Waals surface area (Å²) >= 11 is 0. The molecule has 0 bridgehead atoms. The van der Waals surface area contributed by atoms with Gasteiger partial charge in [0, 0.05) is 0 Å². The van der Waals surface area contributed by atoms with Crippen LogP contribution in [0.5, 0.6) is 0 Å². The first-order valence-electron chi connectivity index (χ1n) is 3.15. The predicted octanol–water partition coefficient (Wildman–Crippen LogP) is -1.67. The molecule has 0 saturated heterocycles. The van der Waals surface area contributed by atoms with E-state index in [1.807, 2.05) is 0 Å². The summed E-state index contributed by atoms with van der Waals surface area (Å²) < 4.78 is 28.3. The van der Waals surface area contributed by atoms with E-state index < -0.39 is 21.5 Å². The van der Waals surface area contributed by atoms with Gasteiger partial charge in [0.2, 0.25) is 0 Å². The van der Waals surface area contributed by atoms with Gasteiger partial charge in [-0.2, -0.15) is 8.42 Å². The molecule has 70 valence electrons. The maximum absolute atomic E-state index is 10.6. The maximum atomic E-state index is 10.6. The zero-order valence-electron chi connectivity index (χ0n) is 6.32. The van der Waals surface area contributed by atoms with Crippen LogP contribution in [-0.2, 0) is 10.1 Å². The fourth-order valence-electron chi connectivity index (χ4n) is 0.595. The van der Waals surface area contributed by atoms with Gasteiger partial charge in [0.25, 0.3) is 10.1 Å². The van der Waals surface area contributed by atoms with Gasteiger partial charge < -0.3 is 10.8 Å². The van der Waals surface area contributed by atoms with Crippen LogP contribution in [-0.4, -0.2) is 65.5 Å². The molecule has 0 rings (SSSR count). The van der Waals surface area contributed by atoms with E-state index in [0.29, 0.717) is 0 Å². The Hall–Kier alpha value is 0.830. The van der Waals surface area contributed by atoms with E-state index in [2.05, 4.69) is 0 Å². The molecule has 0 amide bonds. The number of hydrogen-bond acceptors (Lipinski definition) is 4. The van der Waals surface area contributed by atoms with Gasteiger partial charge in [0.15, 0.2) is 0 Å². The second-order valence-corrected chi connectivity index (χ2v) is 4.56. The van der Waals surface area contributed by atoms with Crippen LogP contribution >= 0.6 is 0 Å². The molecule has 4 N–H and O–H groups in total. The van der Waals surface area contributed by atoms with Crippen LogP contribution in [0, 0.1) is 0 Å². The molecule has 0 heterocycles. The molecule has 0 aromatic rings. The van der Waals surface area contributed by atoms with E-state index in [0.717, 1.165) is 0 Å². The molecular formula is C5H14NNaO4S. The Morgan fingerprint density at radius 1 is 1.50 bits per heavy atom. The van der Waals surface area contributed by atoms with E-state index in [4.69, 9.17) is 15.4 Å². The first kappa shape index (κ1) is 15.3. The Bertz CT molecular complexity index is 217. The molecule has 0 aromatic carbocycles. The average Bonchev–Trinajstić information content (AvgIpc) is 1.86. The van der Waals surface area contributed by atoms with Crippen molar-refractivity contribution >= 4 is 39.7 Å². The summed E-state index contributed by atoms with van der Waals surface area (Å²) in [7, 11) is -4.21. The van der Waals surface area contributed by atoms with Crippen LogP contribution in [0.3, 0.4) is 0 Å². The van der Waals surface area contributed by atoms with E-state index in [1.165, 1.54) is 6.92 Å². The monoisotopic (exact) mass is 207 g/mol. The predicted molar refractivity (Wildman–Crippen MR) is 47.9 cm³/mol. The Balaban J connectivity index is 0. The number of aliphatic hydroxyl groups is 1. The van der Waals surface area contributed by atoms with Crippen LogP contribution in [0.15, 0.2) is 0 Å². The van der Waals surface area contributed by atoms with E-state index in [-0.39, 0.29) is 42.5 Å². The minimum atomic E-state index is -4.21. The van der Waals surface area contributed by atoms with Crippen molar-refractivity contribution in [3.05, 3.63) is 0 Å². The van der Waals surface area contributed by atoms with Gasteiger partial charge in [-0.25, -0.2) is 0 Å². The third-order valence-electron chi connectivity index (χ3n) is 1.63. The van der Waals surface area contributed by atoms with Crippen molar-refractivity contribution in [2.45, 2.75) is 18.1 Å². The molecule has 0 aliphatic rings. The van der Waals surface area contributed by atoms with Crippen LogP contribution in [0.25, 0.3) is 0 Å². The molecule has 0 spiro atoms. The summed E-state index contributed by atoms with van der Waals surface area (Å²) in [5.41, 5.74) is 5.10. The van der Waals surface area contributed by atoms with Crippen LogP contribution < -0.4 is 5.73 Å². The quantitative estimate of drug-likeness (QED) is 0.378. The third-order valence-corrected chi connectivity index (χ3v) is 3.21. The molecule has 1 atom stereocenters. The van der Waals surface area contributed by atoms with Crippen molar-refractivity contribution in [1.29, 1.82) is 0 Å². The van der Waals surface area contributed by atoms with Gasteiger partial charge in [-0.05, 0) is 19.9 Å². The molecule has 0 aromatic heterocycles. The van der Waals surface area contributed by atoms with Gasteiger partial charge in [0.1, 0.15) is 4.75 Å². The summed E-state index contributed by atoms with van der Waals surface area (Å²) in [4.78, 5) is 0. The Kier molecular flexibility index (Phi) is 7.06. The fraction of sp³-hybridized carbons (Fsp3) is 1.00. The van der Waals surface area contributed by atoms with Gasteiger partial charge in [0.05, 0.1) is 6.61 Å². The number of rotatable bonds is 4. The second-order valence-electron chi connectivity index (χ2n) is 2.62. The zero-order chi connectivity index (χ0) is 9.12. The van der Waals surface area contributed by atoms with Crippen molar-refractivity contribution in [2.24, 2.45) is 5.73 Å². The molecule has 0 aliphatic heterocycles. The summed E-state index contributed by atoms with van der Waals surface area (Å²) in [6.07, 6.45) is 0.0440. The van der Waals surface area contributed by atoms with E-state index in [9.17, 15) is 8.42 Å². The van der Waals surface area contributed by atoms with E-state index >= 15 is 0 Å². The average molecular weight is 207 g/mol. The molecule has 0 radical (unpaired) electrons. The van der Waals surface area contributed by atoms with Crippen molar-refractivity contribution in [2.75, 3.05) is 13.2 Å². The van der Waals surface area contributed by atoms with Crippen molar-refractivity contribution in [3.8, 4) is 0 Å². The number of aliphatic hydroxyl groups excluding tert-OH is 1. The summed E-state index contributed by atoms with van der Waals surface area (Å²) in [5.74, 6) is 0. The molecule has 0 aliphatic carbocycles. The minimum absolute atomic E-state index is 0. The Morgan fingerprint density at radius 3 is 2.00 bits per heavy atom. The zero-order valence-corrected chi connectivity index (χ0v) is 7.13. The third kappa shape index (κ3) is 3.69. The van der Waals surface area contributed by atoms with Crippen molar-refractivity contribution < 1.29 is 18.1 Å². The molecular weight excluding hydrogens is 193 g/mol. The molecule has 0 saturated carbocycles. The van der Waals surface area contributed by atoms with Crippen LogP contribution in [0.2, 0.25) is 0 Å². The Morgan fingerprint density at radius 2 is 1.92 bits per heavy atom. The topological polar surface area (TPSA) is 101 Å². The molecule has 7 heteroatoms. The van der Waals surface area contributed by atoms with Crippen LogP contribution in [0.1, 0.15) is 13.3 Å². The summed E-state index contributed by atoms with van der Waals surface area (Å²) in [5, 5.41) is 8.66. The van der Waals surface area contributed by atoms with E-state index in [1.54, 1.807) is 0 Å². The van der Waals surface area contributed by atoms with Gasteiger partial charge in [-0.3, -0.25) is 4.55 Å². The van der Waals surface area contributed by atoms with Crippen LogP contribution in [0.4, 0.5) is 0 Å². The van der Waals surface area contributed by atoms with Gasteiger partial charge >= 0.3 is 29.6 Å². The first-order chi connectivity index (χ1) is 4.87. The standard InChI is InChI=1S/C5H13NO4S.Na.H/c1-5(4-7,2-3-6)11(8,9)10;;/h7H,2-4,6H2,1H3,(H,8,9,10);;. The van der Waals surface area contributed by atoms with Crippen molar-refractivity contribution in [1.82, 2.24) is 0 Å². The molecule has 5 nitrogen and oxygen atoms in total. The number of hydrogen-bond donors (Lipinski definition) is 3.